The van der Waals surface area contributed by atoms with E-state index in [4.69, 9.17) is 35.2 Å². The van der Waals surface area contributed by atoms with Gasteiger partial charge in [-0.15, -0.1) is 0 Å². The number of H-pyrrole nitrogens is 1. The second-order valence-electron chi connectivity index (χ2n) is 21.4. The lowest BCUT2D eigenvalue weighted by Crippen LogP contribution is -2.58. The van der Waals surface area contributed by atoms with Gasteiger partial charge < -0.3 is 108 Å². The van der Waals surface area contributed by atoms with Crippen molar-refractivity contribution in [3.8, 4) is 5.75 Å². The average molecular weight is 1340 g/mol. The molecule has 0 radical (unpaired) electrons. The van der Waals surface area contributed by atoms with E-state index in [1.165, 1.54) is 37.9 Å². The lowest BCUT2D eigenvalue weighted by atomic mass is 9.94. The molecule has 4 rings (SSSR count). The fraction of sp³-hybridized carbons (Fsp3) is 0.632. The van der Waals surface area contributed by atoms with E-state index in [-0.39, 0.29) is 106 Å². The van der Waals surface area contributed by atoms with Gasteiger partial charge in [-0.05, 0) is 18.1 Å². The number of aromatic amines is 1. The van der Waals surface area contributed by atoms with Gasteiger partial charge in [0.1, 0.15) is 29.6 Å². The van der Waals surface area contributed by atoms with E-state index in [0.717, 1.165) is 4.90 Å². The van der Waals surface area contributed by atoms with E-state index < -0.39 is 164 Å². The third-order valence-electron chi connectivity index (χ3n) is 14.6. The maximum atomic E-state index is 15.2. The number of amides is 11. The minimum atomic E-state index is -2.42. The van der Waals surface area contributed by atoms with Crippen molar-refractivity contribution in [2.45, 2.75) is 106 Å². The molecule has 1 unspecified atom stereocenters. The summed E-state index contributed by atoms with van der Waals surface area (Å²) in [7, 11) is 1.42. The zero-order valence-corrected chi connectivity index (χ0v) is 53.5. The molecule has 0 bridgehead atoms. The van der Waals surface area contributed by atoms with Crippen molar-refractivity contribution in [2.75, 3.05) is 117 Å². The van der Waals surface area contributed by atoms with E-state index in [2.05, 4.69) is 47.5 Å². The Hall–Kier alpha value is -7.03. The van der Waals surface area contributed by atoms with Crippen LogP contribution in [0.25, 0.3) is 10.9 Å². The summed E-state index contributed by atoms with van der Waals surface area (Å²) >= 11 is -1.04. The van der Waals surface area contributed by atoms with Gasteiger partial charge >= 0.3 is 0 Å². The number of hydrogen-bond acceptors (Lipinski definition) is 23. The number of nitrogens with two attached hydrogens (primary N) is 2. The number of methoxy groups -OCH3 is 1. The Bertz CT molecular complexity index is 2830. The molecule has 92 heavy (non-hydrogen) atoms. The Kier molecular flexibility index (Phi) is 34.4. The Morgan fingerprint density at radius 1 is 0.848 bits per heavy atom. The number of rotatable bonds is 35. The molecule has 2 aliphatic heterocycles. The van der Waals surface area contributed by atoms with E-state index >= 15 is 4.55 Å². The number of fused-ring (bicyclic) bond motifs is 3. The van der Waals surface area contributed by atoms with Crippen LogP contribution < -0.4 is 58.7 Å². The number of benzene rings is 1. The minimum Gasteiger partial charge on any atom is -0.610 e. The number of hydrogen-bond donors (Lipinski definition) is 15. The van der Waals surface area contributed by atoms with Crippen LogP contribution in [-0.2, 0) is 95.0 Å². The number of carbonyl (C=O) groups excluding carboxylic acids is 11. The van der Waals surface area contributed by atoms with Gasteiger partial charge in [0.15, 0.2) is 6.04 Å². The predicted molar refractivity (Wildman–Crippen MR) is 331 cm³/mol. The second kappa shape index (κ2) is 40.8. The molecule has 1 aromatic carbocycles. The number of thioether (sulfide) groups is 1. The zero-order chi connectivity index (χ0) is 67.9. The third kappa shape index (κ3) is 25.5. The first-order valence-electron chi connectivity index (χ1n) is 29.8. The number of nitrogens with one attached hydrogen (secondary N) is 9. The predicted octanol–water partition coefficient (Wildman–Crippen LogP) is -6.16. The van der Waals surface area contributed by atoms with Gasteiger partial charge in [0.2, 0.25) is 58.2 Å². The van der Waals surface area contributed by atoms with Crippen LogP contribution in [0.4, 0.5) is 0 Å². The zero-order valence-electron chi connectivity index (χ0n) is 51.9. The van der Waals surface area contributed by atoms with Gasteiger partial charge in [0.25, 0.3) is 11.8 Å². The molecule has 33 nitrogen and oxygen atoms in total. The number of ether oxygens (including phenoxy) is 5. The van der Waals surface area contributed by atoms with Crippen molar-refractivity contribution in [3.05, 3.63) is 35.4 Å². The standard InChI is InChI=1S/C57H88N12O21S2/c1-5-32(2)50(67-46(77)25-58)55(83)62-27-47(78)64-40-31-92(85)57-37(22-34(28-70)63-56(84)51(33(3)41(73)29-71)66-45(76)23-35(72)26-61-53(81)39(24-43(59)74)65-54(40)82)36-6-7-42(86-4)38(52(36)68-57)30-91-21-11-60-44(75)10-13-87-15-17-89-19-20-90-18-16-88-14-12-69-48(79)8-9-49(69)80/h6-9,32-35,39-41,50-51,68,70-73H,5,10-31,58H2,1-4H3,(H2,59,74)(H,60,75)(H,61,81)(H,62,83)(H,63,84)(H,64,78)(H,65,82)(H,66,76)(H,67,77)/t32-,33-,34-,35+,39-,40-,41-,50-,51-,92?/m0/s1. The highest BCUT2D eigenvalue weighted by Crippen LogP contribution is 2.36. The summed E-state index contributed by atoms with van der Waals surface area (Å²) in [6.45, 7) is 3.58. The Morgan fingerprint density at radius 3 is 2.11 bits per heavy atom. The summed E-state index contributed by atoms with van der Waals surface area (Å²) in [5, 5.41) is 62.4. The number of aromatic nitrogens is 1. The first-order chi connectivity index (χ1) is 44.0. The number of carbonyl (C=O) groups is 11. The Balaban J connectivity index is 1.56. The fourth-order valence-electron chi connectivity index (χ4n) is 9.27. The van der Waals surface area contributed by atoms with Crippen LogP contribution in [0, 0.1) is 11.8 Å². The molecule has 1 aromatic heterocycles. The maximum absolute atomic E-state index is 15.2. The number of aliphatic hydroxyl groups excluding tert-OH is 4. The summed E-state index contributed by atoms with van der Waals surface area (Å²) in [5.41, 5.74) is 12.0. The smallest absolute Gasteiger partial charge is 0.253 e. The van der Waals surface area contributed by atoms with E-state index in [1.807, 2.05) is 0 Å². The van der Waals surface area contributed by atoms with E-state index in [1.54, 1.807) is 26.0 Å². The average Bonchev–Trinajstić information content (AvgIpc) is 1.61. The largest absolute Gasteiger partial charge is 0.610 e. The molecule has 10 atom stereocenters. The van der Waals surface area contributed by atoms with Gasteiger partial charge in [0.05, 0.1) is 129 Å². The van der Waals surface area contributed by atoms with Crippen molar-refractivity contribution in [3.63, 3.8) is 0 Å². The van der Waals surface area contributed by atoms with Gasteiger partial charge in [-0.3, -0.25) is 57.6 Å². The first-order valence-corrected chi connectivity index (χ1v) is 32.3. The minimum absolute atomic E-state index is 0.0579. The lowest BCUT2D eigenvalue weighted by molar-refractivity contribution is -0.138. The van der Waals surface area contributed by atoms with Gasteiger partial charge in [-0.25, -0.2) is 0 Å². The van der Waals surface area contributed by atoms with Crippen LogP contribution in [0.1, 0.15) is 57.6 Å². The quantitative estimate of drug-likeness (QED) is 0.0173. The molecule has 17 N–H and O–H groups in total. The number of nitrogens with zero attached hydrogens (tertiary/aromatic N) is 1. The second-order valence-corrected chi connectivity index (χ2v) is 24.0. The molecular formula is C57H88N12O21S2. The van der Waals surface area contributed by atoms with Crippen molar-refractivity contribution < 1.29 is 101 Å². The molecule has 0 fully saturated rings. The molecule has 2 aromatic rings. The summed E-state index contributed by atoms with van der Waals surface area (Å²) in [6, 6.07) is -4.41. The highest BCUT2D eigenvalue weighted by molar-refractivity contribution is 7.98. The van der Waals surface area contributed by atoms with Crippen molar-refractivity contribution in [1.29, 1.82) is 0 Å². The number of β-amino-alcohol motifs (C(OH)–C–C–N with tert-alkyl or cyclic N) is 1. The van der Waals surface area contributed by atoms with Crippen LogP contribution >= 0.6 is 11.8 Å². The molecule has 3 heterocycles. The fourth-order valence-corrected chi connectivity index (χ4v) is 11.5. The van der Waals surface area contributed by atoms with E-state index in [9.17, 15) is 73.2 Å². The van der Waals surface area contributed by atoms with Crippen LogP contribution in [0.3, 0.4) is 0 Å². The van der Waals surface area contributed by atoms with Crippen LogP contribution in [0.2, 0.25) is 0 Å². The normalized spacial score (nSPS) is 20.8. The summed E-state index contributed by atoms with van der Waals surface area (Å²) in [5.74, 6) is -10.2. The van der Waals surface area contributed by atoms with Crippen LogP contribution in [-0.4, -0.2) is 260 Å². The van der Waals surface area contributed by atoms with Gasteiger partial charge in [-0.1, -0.05) is 27.2 Å². The van der Waals surface area contributed by atoms with Gasteiger partial charge in [-0.2, -0.15) is 11.8 Å². The number of aliphatic hydroxyl groups is 4. The maximum Gasteiger partial charge on any atom is 0.253 e. The summed E-state index contributed by atoms with van der Waals surface area (Å²) in [4.78, 5) is 148. The molecule has 0 saturated heterocycles. The molecule has 11 amide bonds. The number of primary amides is 1. The van der Waals surface area contributed by atoms with Crippen LogP contribution in [0.15, 0.2) is 29.3 Å². The third-order valence-corrected chi connectivity index (χ3v) is 17.0. The molecule has 35 heteroatoms. The number of imide groups is 1. The molecule has 2 aliphatic rings. The monoisotopic (exact) mass is 1340 g/mol. The SMILES string of the molecule is CC[C@H](C)[C@H](NC(=O)CN)C(=O)NCC(=O)N[C@H]1C[S+]([O-])c2[nH]c3c(CSCCNC(=O)CCOCCOCCOCCOCCN4C(=O)C=CC4=O)c(OC)ccc3c2C[C@@H](CO)NC(=O)[C@H]([C@@H](C)[C@@H](O)CO)NC(=O)C[C@@H](O)CNC(=O)[C@H](CC(N)=O)NC1=O. The topological polar surface area (TPSA) is 505 Å². The Morgan fingerprint density at radius 2 is 1.50 bits per heavy atom. The van der Waals surface area contributed by atoms with Crippen molar-refractivity contribution in [2.24, 2.45) is 23.3 Å². The molecule has 0 aliphatic carbocycles. The van der Waals surface area contributed by atoms with E-state index in [0.29, 0.717) is 41.0 Å². The highest BCUT2D eigenvalue weighted by atomic mass is 32.2. The molecular weight excluding hydrogens is 1250 g/mol. The lowest BCUT2D eigenvalue weighted by Gasteiger charge is -2.29. The van der Waals surface area contributed by atoms with Crippen molar-refractivity contribution >= 4 is 98.8 Å². The van der Waals surface area contributed by atoms with Crippen molar-refractivity contribution in [1.82, 2.24) is 52.4 Å². The first kappa shape index (κ1) is 77.4. The highest BCUT2D eigenvalue weighted by Gasteiger charge is 2.38. The molecule has 0 spiro atoms. The molecule has 514 valence electrons. The Labute approximate surface area is 538 Å². The summed E-state index contributed by atoms with van der Waals surface area (Å²) in [6.07, 6.45) is -2.24. The van der Waals surface area contributed by atoms with Crippen LogP contribution in [0.5, 0.6) is 5.75 Å². The summed E-state index contributed by atoms with van der Waals surface area (Å²) < 4.78 is 42.8. The van der Waals surface area contributed by atoms with Gasteiger partial charge in [0, 0.05) is 83.2 Å². The molecule has 0 saturated carbocycles.